The quantitative estimate of drug-likeness (QED) is 0.502. The Balaban J connectivity index is 2.08. The largest absolute Gasteiger partial charge is 0.472 e. The Bertz CT molecular complexity index is 1220. The summed E-state index contributed by atoms with van der Waals surface area (Å²) in [5.74, 6) is 3.16. The highest BCUT2D eigenvalue weighted by Gasteiger charge is 2.31. The van der Waals surface area contributed by atoms with Crippen molar-refractivity contribution >= 4 is 22.5 Å². The fourth-order valence-electron chi connectivity index (χ4n) is 3.29. The summed E-state index contributed by atoms with van der Waals surface area (Å²) in [6.45, 7) is 0. The van der Waals surface area contributed by atoms with Crippen LogP contribution in [0.1, 0.15) is 21.5 Å². The lowest BCUT2D eigenvalue weighted by molar-refractivity contribution is -0.130. The van der Waals surface area contributed by atoms with Gasteiger partial charge in [0, 0.05) is 40.4 Å². The minimum absolute atomic E-state index is 0.115. The van der Waals surface area contributed by atoms with Gasteiger partial charge in [-0.3, -0.25) is 9.59 Å². The van der Waals surface area contributed by atoms with Crippen molar-refractivity contribution in [2.24, 2.45) is 7.05 Å². The highest BCUT2D eigenvalue weighted by molar-refractivity contribution is 6.26. The number of hydrogen-bond acceptors (Lipinski definition) is 3. The molecule has 1 aliphatic carbocycles. The van der Waals surface area contributed by atoms with E-state index in [1.54, 1.807) is 31.3 Å². The first kappa shape index (κ1) is 14.9. The van der Waals surface area contributed by atoms with Crippen molar-refractivity contribution < 1.29 is 14.7 Å². The number of carbonyl (C=O) groups is 2. The van der Waals surface area contributed by atoms with Crippen molar-refractivity contribution in [3.05, 3.63) is 69.5 Å². The zero-order chi connectivity index (χ0) is 17.7. The first-order valence-corrected chi connectivity index (χ1v) is 7.55. The summed E-state index contributed by atoms with van der Waals surface area (Å²) in [6.07, 6.45) is 0. The third-order valence-corrected chi connectivity index (χ3v) is 4.36. The predicted molar refractivity (Wildman–Crippen MR) is 92.6 cm³/mol. The molecule has 0 amide bonds. The summed E-state index contributed by atoms with van der Waals surface area (Å²) in [7, 11) is 1.63. The van der Waals surface area contributed by atoms with Crippen LogP contribution < -0.4 is 5.56 Å². The van der Waals surface area contributed by atoms with Crippen molar-refractivity contribution in [2.45, 2.75) is 0 Å². The summed E-state index contributed by atoms with van der Waals surface area (Å²) in [4.78, 5) is 36.2. The van der Waals surface area contributed by atoms with E-state index in [2.05, 4.69) is 5.92 Å². The Kier molecular flexibility index (Phi) is 3.09. The second kappa shape index (κ2) is 5.18. The van der Waals surface area contributed by atoms with Crippen LogP contribution in [0.2, 0.25) is 0 Å². The van der Waals surface area contributed by atoms with Crippen molar-refractivity contribution in [1.29, 1.82) is 0 Å². The van der Waals surface area contributed by atoms with E-state index in [1.165, 1.54) is 10.6 Å². The molecule has 0 bridgehead atoms. The second-order valence-corrected chi connectivity index (χ2v) is 5.78. The van der Waals surface area contributed by atoms with Crippen molar-refractivity contribution in [3.63, 3.8) is 0 Å². The third-order valence-electron chi connectivity index (χ3n) is 4.36. The fourth-order valence-corrected chi connectivity index (χ4v) is 3.29. The van der Waals surface area contributed by atoms with E-state index in [4.69, 9.17) is 5.11 Å². The van der Waals surface area contributed by atoms with Gasteiger partial charge in [0.15, 0.2) is 5.78 Å². The number of carbonyl (C=O) groups excluding carboxylic acids is 1. The third kappa shape index (κ3) is 2.08. The average Bonchev–Trinajstić information content (AvgIpc) is 2.91. The van der Waals surface area contributed by atoms with E-state index in [0.29, 0.717) is 33.2 Å². The molecule has 3 aromatic rings. The monoisotopic (exact) mass is 329 g/mol. The zero-order valence-electron chi connectivity index (χ0n) is 13.2. The molecular formula is C20H11NO4. The fraction of sp³-hybridized carbons (Fsp3) is 0.0500. The molecule has 4 rings (SSSR count). The molecule has 0 spiro atoms. The molecule has 5 nitrogen and oxygen atoms in total. The standard InChI is InChI=1S/C20H11NO4/c1-21-18-13-4-2-3-5-14(13)19(24)17(18)12-8-6-11(7-9-16(22)23)10-15(12)20(21)25/h2-6,8,10H,1H3,(H,22,23). The van der Waals surface area contributed by atoms with Crippen LogP contribution in [0.15, 0.2) is 47.3 Å². The number of benzene rings is 2. The minimum Gasteiger partial charge on any atom is -0.472 e. The highest BCUT2D eigenvalue weighted by atomic mass is 16.4. The first-order chi connectivity index (χ1) is 12.0. The summed E-state index contributed by atoms with van der Waals surface area (Å²) in [5, 5.41) is 9.57. The molecular weight excluding hydrogens is 318 g/mol. The molecule has 0 saturated heterocycles. The van der Waals surface area contributed by atoms with Crippen LogP contribution in [-0.4, -0.2) is 21.4 Å². The van der Waals surface area contributed by atoms with Crippen LogP contribution in [0.3, 0.4) is 0 Å². The van der Waals surface area contributed by atoms with Gasteiger partial charge in [-0.1, -0.05) is 36.3 Å². The van der Waals surface area contributed by atoms with Crippen LogP contribution in [0.5, 0.6) is 0 Å². The van der Waals surface area contributed by atoms with E-state index in [-0.39, 0.29) is 11.3 Å². The maximum Gasteiger partial charge on any atom is 0.382 e. The highest BCUT2D eigenvalue weighted by Crippen LogP contribution is 2.38. The lowest BCUT2D eigenvalue weighted by Gasteiger charge is -2.10. The van der Waals surface area contributed by atoms with Gasteiger partial charge >= 0.3 is 5.97 Å². The topological polar surface area (TPSA) is 76.4 Å². The van der Waals surface area contributed by atoms with Crippen molar-refractivity contribution in [3.8, 4) is 23.1 Å². The number of pyridine rings is 1. The van der Waals surface area contributed by atoms with Gasteiger partial charge in [0.2, 0.25) is 0 Å². The van der Waals surface area contributed by atoms with Gasteiger partial charge in [-0.15, -0.1) is 0 Å². The lowest BCUT2D eigenvalue weighted by Crippen LogP contribution is -2.20. The molecule has 0 unspecified atom stereocenters. The Hall–Kier alpha value is -3.65. The molecule has 1 N–H and O–H groups in total. The molecule has 0 fully saturated rings. The van der Waals surface area contributed by atoms with Gasteiger partial charge in [0.25, 0.3) is 5.56 Å². The number of fused-ring (bicyclic) bond motifs is 5. The number of ketones is 1. The van der Waals surface area contributed by atoms with Crippen LogP contribution in [0, 0.1) is 11.8 Å². The number of rotatable bonds is 0. The Morgan fingerprint density at radius 1 is 1.04 bits per heavy atom. The van der Waals surface area contributed by atoms with Gasteiger partial charge < -0.3 is 9.67 Å². The van der Waals surface area contributed by atoms with Crippen molar-refractivity contribution in [1.82, 2.24) is 4.57 Å². The van der Waals surface area contributed by atoms with Gasteiger partial charge in [-0.2, -0.15) is 0 Å². The van der Waals surface area contributed by atoms with E-state index in [0.717, 1.165) is 5.56 Å². The molecule has 1 heterocycles. The molecule has 0 aliphatic heterocycles. The molecule has 1 aliphatic rings. The van der Waals surface area contributed by atoms with Crippen molar-refractivity contribution in [2.75, 3.05) is 0 Å². The van der Waals surface area contributed by atoms with E-state index < -0.39 is 5.97 Å². The van der Waals surface area contributed by atoms with Gasteiger partial charge in [-0.05, 0) is 12.1 Å². The number of hydrogen-bond donors (Lipinski definition) is 1. The molecule has 0 saturated carbocycles. The van der Waals surface area contributed by atoms with E-state index >= 15 is 0 Å². The maximum atomic E-state index is 12.8. The van der Waals surface area contributed by atoms with Crippen LogP contribution in [-0.2, 0) is 11.8 Å². The maximum absolute atomic E-state index is 12.8. The summed E-state index contributed by atoms with van der Waals surface area (Å²) in [5.41, 5.74) is 2.60. The van der Waals surface area contributed by atoms with E-state index in [9.17, 15) is 14.4 Å². The molecule has 1 aromatic heterocycles. The number of carboxylic acids is 1. The van der Waals surface area contributed by atoms with Crippen LogP contribution in [0.25, 0.3) is 22.0 Å². The molecule has 2 aromatic carbocycles. The molecule has 5 heteroatoms. The number of aliphatic carboxylic acids is 1. The minimum atomic E-state index is -1.24. The SMILES string of the molecule is Cn1c2c(c3ccc(C#CC(=O)O)cc3c1=O)C(=O)c1ccccc1-2. The average molecular weight is 329 g/mol. The predicted octanol–water partition coefficient (Wildman–Crippen LogP) is 2.19. The molecule has 0 atom stereocenters. The smallest absolute Gasteiger partial charge is 0.382 e. The van der Waals surface area contributed by atoms with E-state index in [1.807, 2.05) is 18.1 Å². The normalized spacial score (nSPS) is 11.6. The van der Waals surface area contributed by atoms with Gasteiger partial charge in [0.1, 0.15) is 0 Å². The zero-order valence-corrected chi connectivity index (χ0v) is 13.2. The first-order valence-electron chi connectivity index (χ1n) is 7.55. The van der Waals surface area contributed by atoms with Crippen LogP contribution in [0.4, 0.5) is 0 Å². The van der Waals surface area contributed by atoms with Gasteiger partial charge in [0.05, 0.1) is 11.3 Å². The Labute approximate surface area is 142 Å². The molecule has 120 valence electrons. The Morgan fingerprint density at radius 3 is 2.48 bits per heavy atom. The summed E-state index contributed by atoms with van der Waals surface area (Å²) < 4.78 is 1.47. The summed E-state index contributed by atoms with van der Waals surface area (Å²) >= 11 is 0. The molecule has 25 heavy (non-hydrogen) atoms. The second-order valence-electron chi connectivity index (χ2n) is 5.78. The summed E-state index contributed by atoms with van der Waals surface area (Å²) in [6, 6.07) is 12.0. The van der Waals surface area contributed by atoms with Gasteiger partial charge in [-0.25, -0.2) is 4.79 Å². The molecule has 0 radical (unpaired) electrons. The lowest BCUT2D eigenvalue weighted by atomic mass is 10.0. The number of aromatic nitrogens is 1. The number of nitrogens with zero attached hydrogens (tertiary/aromatic N) is 1. The Morgan fingerprint density at radius 2 is 1.76 bits per heavy atom. The van der Waals surface area contributed by atoms with Crippen LogP contribution >= 0.6 is 0 Å². The number of carboxylic acid groups (broad SMARTS) is 1.